The van der Waals surface area contributed by atoms with Gasteiger partial charge < -0.3 is 14.9 Å². The van der Waals surface area contributed by atoms with Crippen molar-refractivity contribution in [2.24, 2.45) is 5.73 Å². The molecule has 0 fully saturated rings. The minimum absolute atomic E-state index is 0.269. The van der Waals surface area contributed by atoms with Crippen molar-refractivity contribution in [3.05, 3.63) is 56.8 Å². The Hall–Kier alpha value is -0.920. The van der Waals surface area contributed by atoms with Crippen molar-refractivity contribution in [2.45, 2.75) is 12.6 Å². The minimum atomic E-state index is -0.400. The molecule has 0 radical (unpaired) electrons. The average Bonchev–Trinajstić information content (AvgIpc) is 2.77. The molecule has 96 valence electrons. The first-order chi connectivity index (χ1) is 8.61. The van der Waals surface area contributed by atoms with E-state index in [-0.39, 0.29) is 5.82 Å². The van der Waals surface area contributed by atoms with Crippen LogP contribution in [0.3, 0.4) is 0 Å². The van der Waals surface area contributed by atoms with Crippen molar-refractivity contribution >= 4 is 22.6 Å². The van der Waals surface area contributed by atoms with Crippen LogP contribution in [0.25, 0.3) is 0 Å². The molecule has 2 aromatic rings. The molecular formula is C13H13FINO2. The summed E-state index contributed by atoms with van der Waals surface area (Å²) in [5.41, 5.74) is 6.96. The fraction of sp³-hybridized carbons (Fsp3) is 0.231. The van der Waals surface area contributed by atoms with E-state index in [9.17, 15) is 4.39 Å². The predicted octanol–water partition coefficient (Wildman–Crippen LogP) is 3.22. The fourth-order valence-electron chi connectivity index (χ4n) is 1.69. The lowest BCUT2D eigenvalue weighted by Gasteiger charge is -2.11. The molecule has 5 heteroatoms. The summed E-state index contributed by atoms with van der Waals surface area (Å²) in [5.74, 6) is 1.10. The van der Waals surface area contributed by atoms with Crippen LogP contribution in [0.1, 0.15) is 23.1 Å². The molecule has 0 saturated carbocycles. The third-order valence-corrected chi connectivity index (χ3v) is 3.51. The zero-order chi connectivity index (χ0) is 13.1. The number of methoxy groups -OCH3 is 1. The summed E-state index contributed by atoms with van der Waals surface area (Å²) in [6.45, 7) is 0.410. The quantitative estimate of drug-likeness (QED) is 0.851. The maximum absolute atomic E-state index is 13.0. The van der Waals surface area contributed by atoms with Crippen molar-refractivity contribution in [3.8, 4) is 0 Å². The van der Waals surface area contributed by atoms with Gasteiger partial charge in [0.2, 0.25) is 0 Å². The lowest BCUT2D eigenvalue weighted by Crippen LogP contribution is -2.12. The Morgan fingerprint density at radius 3 is 2.83 bits per heavy atom. The maximum Gasteiger partial charge on any atom is 0.129 e. The van der Waals surface area contributed by atoms with E-state index in [2.05, 4.69) is 22.6 Å². The molecule has 1 heterocycles. The van der Waals surface area contributed by atoms with Gasteiger partial charge in [-0.3, -0.25) is 0 Å². The van der Waals surface area contributed by atoms with Gasteiger partial charge in [0.25, 0.3) is 0 Å². The Bertz CT molecular complexity index is 542. The number of nitrogens with two attached hydrogens (primary N) is 1. The third kappa shape index (κ3) is 2.90. The second kappa shape index (κ2) is 5.81. The first kappa shape index (κ1) is 13.5. The van der Waals surface area contributed by atoms with E-state index in [1.54, 1.807) is 13.2 Å². The Balaban J connectivity index is 2.26. The monoisotopic (exact) mass is 361 g/mol. The minimum Gasteiger partial charge on any atom is -0.462 e. The van der Waals surface area contributed by atoms with Crippen LogP contribution < -0.4 is 5.73 Å². The molecule has 0 aliphatic carbocycles. The summed E-state index contributed by atoms with van der Waals surface area (Å²) in [6.07, 6.45) is 0. The Labute approximate surface area is 118 Å². The molecule has 1 unspecified atom stereocenters. The summed E-state index contributed by atoms with van der Waals surface area (Å²) in [6, 6.07) is 7.78. The van der Waals surface area contributed by atoms with Crippen LogP contribution >= 0.6 is 22.6 Å². The molecule has 0 bridgehead atoms. The van der Waals surface area contributed by atoms with Gasteiger partial charge >= 0.3 is 0 Å². The highest BCUT2D eigenvalue weighted by Crippen LogP contribution is 2.26. The standard InChI is InChI=1S/C13H13FINO2/c1-17-7-9-3-5-12(18-9)13(16)10-4-2-8(14)6-11(10)15/h2-6,13H,7,16H2,1H3. The fourth-order valence-corrected chi connectivity index (χ4v) is 2.50. The van der Waals surface area contributed by atoms with Crippen LogP contribution in [0.5, 0.6) is 0 Å². The second-order valence-electron chi connectivity index (χ2n) is 3.88. The van der Waals surface area contributed by atoms with Crippen LogP contribution in [0.4, 0.5) is 4.39 Å². The molecule has 2 rings (SSSR count). The number of ether oxygens (including phenoxy) is 1. The zero-order valence-electron chi connectivity index (χ0n) is 9.82. The SMILES string of the molecule is COCc1ccc(C(N)c2ccc(F)cc2I)o1. The molecule has 2 N–H and O–H groups in total. The molecule has 0 saturated heterocycles. The van der Waals surface area contributed by atoms with Gasteiger partial charge in [-0.25, -0.2) is 4.39 Å². The van der Waals surface area contributed by atoms with Crippen LogP contribution in [0, 0.1) is 9.39 Å². The summed E-state index contributed by atoms with van der Waals surface area (Å²) in [7, 11) is 1.60. The topological polar surface area (TPSA) is 48.4 Å². The highest BCUT2D eigenvalue weighted by atomic mass is 127. The third-order valence-electron chi connectivity index (χ3n) is 2.57. The van der Waals surface area contributed by atoms with E-state index in [1.807, 2.05) is 12.1 Å². The molecule has 0 spiro atoms. The van der Waals surface area contributed by atoms with Crippen LogP contribution in [0.15, 0.2) is 34.7 Å². The molecule has 0 aliphatic rings. The lowest BCUT2D eigenvalue weighted by atomic mass is 10.1. The number of rotatable bonds is 4. The van der Waals surface area contributed by atoms with E-state index < -0.39 is 6.04 Å². The van der Waals surface area contributed by atoms with Crippen LogP contribution in [-0.2, 0) is 11.3 Å². The van der Waals surface area contributed by atoms with Crippen LogP contribution in [0.2, 0.25) is 0 Å². The second-order valence-corrected chi connectivity index (χ2v) is 5.04. The molecule has 1 aromatic heterocycles. The molecule has 0 aliphatic heterocycles. The molecule has 1 atom stereocenters. The van der Waals surface area contributed by atoms with E-state index in [1.165, 1.54) is 12.1 Å². The van der Waals surface area contributed by atoms with Gasteiger partial charge in [-0.2, -0.15) is 0 Å². The summed E-state index contributed by atoms with van der Waals surface area (Å²) in [4.78, 5) is 0. The lowest BCUT2D eigenvalue weighted by molar-refractivity contribution is 0.162. The van der Waals surface area contributed by atoms with Crippen molar-refractivity contribution in [3.63, 3.8) is 0 Å². The Kier molecular flexibility index (Phi) is 4.36. The zero-order valence-corrected chi connectivity index (χ0v) is 12.0. The van der Waals surface area contributed by atoms with Crippen molar-refractivity contribution in [1.29, 1.82) is 0 Å². The Morgan fingerprint density at radius 2 is 2.17 bits per heavy atom. The average molecular weight is 361 g/mol. The first-order valence-electron chi connectivity index (χ1n) is 5.40. The predicted molar refractivity (Wildman–Crippen MR) is 74.6 cm³/mol. The van der Waals surface area contributed by atoms with Gasteiger partial charge in [0.05, 0.1) is 6.04 Å². The number of halogens is 2. The Morgan fingerprint density at radius 1 is 1.39 bits per heavy atom. The maximum atomic E-state index is 13.0. The van der Waals surface area contributed by atoms with Crippen LogP contribution in [-0.4, -0.2) is 7.11 Å². The molecular weight excluding hydrogens is 348 g/mol. The number of hydrogen-bond donors (Lipinski definition) is 1. The summed E-state index contributed by atoms with van der Waals surface area (Å²) in [5, 5.41) is 0. The van der Waals surface area contributed by atoms with Gasteiger partial charge in [-0.15, -0.1) is 0 Å². The molecule has 18 heavy (non-hydrogen) atoms. The van der Waals surface area contributed by atoms with Crippen molar-refractivity contribution in [1.82, 2.24) is 0 Å². The van der Waals surface area contributed by atoms with E-state index in [0.717, 1.165) is 14.9 Å². The molecule has 3 nitrogen and oxygen atoms in total. The van der Waals surface area contributed by atoms with E-state index in [4.69, 9.17) is 14.9 Å². The molecule has 1 aromatic carbocycles. The normalized spacial score (nSPS) is 12.7. The summed E-state index contributed by atoms with van der Waals surface area (Å²) < 4.78 is 24.4. The number of furan rings is 1. The highest BCUT2D eigenvalue weighted by Gasteiger charge is 2.16. The van der Waals surface area contributed by atoms with Crippen molar-refractivity contribution < 1.29 is 13.5 Å². The van der Waals surface area contributed by atoms with E-state index in [0.29, 0.717) is 12.4 Å². The summed E-state index contributed by atoms with van der Waals surface area (Å²) >= 11 is 2.07. The van der Waals surface area contributed by atoms with Gasteiger partial charge in [-0.1, -0.05) is 6.07 Å². The number of hydrogen-bond acceptors (Lipinski definition) is 3. The number of benzene rings is 1. The first-order valence-corrected chi connectivity index (χ1v) is 6.47. The van der Waals surface area contributed by atoms with Gasteiger partial charge in [0, 0.05) is 10.7 Å². The van der Waals surface area contributed by atoms with E-state index >= 15 is 0 Å². The van der Waals surface area contributed by atoms with Gasteiger partial charge in [0.15, 0.2) is 0 Å². The highest BCUT2D eigenvalue weighted by molar-refractivity contribution is 14.1. The van der Waals surface area contributed by atoms with Crippen molar-refractivity contribution in [2.75, 3.05) is 7.11 Å². The van der Waals surface area contributed by atoms with Gasteiger partial charge in [0.1, 0.15) is 23.9 Å². The largest absolute Gasteiger partial charge is 0.462 e. The molecule has 0 amide bonds. The van der Waals surface area contributed by atoms with Gasteiger partial charge in [-0.05, 0) is 52.4 Å². The smallest absolute Gasteiger partial charge is 0.129 e.